The van der Waals surface area contributed by atoms with Crippen LogP contribution < -0.4 is 9.64 Å². The molecule has 3 aromatic rings. The molecule has 0 spiro atoms. The zero-order valence-corrected chi connectivity index (χ0v) is 19.2. The fourth-order valence-corrected chi connectivity index (χ4v) is 4.08. The zero-order chi connectivity index (χ0) is 22.2. The van der Waals surface area contributed by atoms with Crippen LogP contribution in [0.3, 0.4) is 0 Å². The number of aliphatic hydroxyl groups excluding tert-OH is 1. The third-order valence-electron chi connectivity index (χ3n) is 5.97. The van der Waals surface area contributed by atoms with Crippen LogP contribution in [0.2, 0.25) is 0 Å². The summed E-state index contributed by atoms with van der Waals surface area (Å²) >= 11 is 0. The van der Waals surface area contributed by atoms with E-state index in [1.807, 2.05) is 12.1 Å². The summed E-state index contributed by atoms with van der Waals surface area (Å²) in [7, 11) is 1.69. The molecule has 0 aromatic heterocycles. The van der Waals surface area contributed by atoms with Gasteiger partial charge in [-0.15, -0.1) is 0 Å². The van der Waals surface area contributed by atoms with Crippen molar-refractivity contribution in [3.63, 3.8) is 0 Å². The lowest BCUT2D eigenvalue weighted by Crippen LogP contribution is -2.12. The zero-order valence-electron chi connectivity index (χ0n) is 19.2. The Bertz CT molecular complexity index is 913. The van der Waals surface area contributed by atoms with E-state index >= 15 is 0 Å². The lowest BCUT2D eigenvalue weighted by molar-refractivity contribution is 0.199. The Labute approximate surface area is 187 Å². The minimum atomic E-state index is 0.285. The summed E-state index contributed by atoms with van der Waals surface area (Å²) in [6.45, 7) is 6.83. The number of rotatable bonds is 10. The molecule has 3 nitrogen and oxygen atoms in total. The van der Waals surface area contributed by atoms with Gasteiger partial charge >= 0.3 is 0 Å². The summed E-state index contributed by atoms with van der Waals surface area (Å²) in [4.78, 5) is 2.27. The lowest BCUT2D eigenvalue weighted by atomic mass is 9.90. The highest BCUT2D eigenvalue weighted by Gasteiger charge is 2.14. The Morgan fingerprint density at radius 1 is 0.839 bits per heavy atom. The van der Waals surface area contributed by atoms with Gasteiger partial charge in [-0.05, 0) is 85.7 Å². The van der Waals surface area contributed by atoms with Crippen molar-refractivity contribution >= 4 is 17.1 Å². The maximum atomic E-state index is 9.49. The van der Waals surface area contributed by atoms with Crippen LogP contribution in [-0.2, 0) is 6.42 Å². The second-order valence-corrected chi connectivity index (χ2v) is 8.54. The molecular weight excluding hydrogens is 382 g/mol. The Morgan fingerprint density at radius 2 is 1.35 bits per heavy atom. The van der Waals surface area contributed by atoms with E-state index in [-0.39, 0.29) is 6.61 Å². The van der Waals surface area contributed by atoms with Gasteiger partial charge < -0.3 is 14.7 Å². The second-order valence-electron chi connectivity index (χ2n) is 8.54. The minimum absolute atomic E-state index is 0.285. The van der Waals surface area contributed by atoms with Crippen molar-refractivity contribution in [1.82, 2.24) is 0 Å². The third kappa shape index (κ3) is 6.11. The molecule has 31 heavy (non-hydrogen) atoms. The number of methoxy groups -OCH3 is 1. The molecule has 0 saturated carbocycles. The number of nitrogens with zero attached hydrogens (tertiary/aromatic N) is 1. The van der Waals surface area contributed by atoms with Crippen LogP contribution in [0.25, 0.3) is 0 Å². The molecule has 2 unspecified atom stereocenters. The summed E-state index contributed by atoms with van der Waals surface area (Å²) < 4.78 is 5.34. The topological polar surface area (TPSA) is 32.7 Å². The molecule has 0 amide bonds. The molecule has 164 valence electrons. The first-order chi connectivity index (χ1) is 15.0. The van der Waals surface area contributed by atoms with Gasteiger partial charge in [0.25, 0.3) is 0 Å². The van der Waals surface area contributed by atoms with E-state index in [0.717, 1.165) is 42.1 Å². The van der Waals surface area contributed by atoms with Crippen molar-refractivity contribution in [2.24, 2.45) is 11.8 Å². The van der Waals surface area contributed by atoms with E-state index in [9.17, 15) is 5.11 Å². The summed E-state index contributed by atoms with van der Waals surface area (Å²) in [5.74, 6) is 1.81. The van der Waals surface area contributed by atoms with Crippen molar-refractivity contribution in [3.8, 4) is 5.75 Å². The van der Waals surface area contributed by atoms with E-state index in [0.29, 0.717) is 11.8 Å². The van der Waals surface area contributed by atoms with Gasteiger partial charge in [0.1, 0.15) is 5.75 Å². The molecule has 0 aliphatic rings. The Kier molecular flexibility index (Phi) is 8.13. The van der Waals surface area contributed by atoms with E-state index < -0.39 is 0 Å². The molecule has 0 radical (unpaired) electrons. The normalized spacial score (nSPS) is 12.9. The third-order valence-corrected chi connectivity index (χ3v) is 5.97. The number of anilines is 3. The highest BCUT2D eigenvalue weighted by molar-refractivity contribution is 5.76. The lowest BCUT2D eigenvalue weighted by Gasteiger charge is -2.26. The van der Waals surface area contributed by atoms with Crippen LogP contribution in [0.15, 0.2) is 72.8 Å². The van der Waals surface area contributed by atoms with Gasteiger partial charge in [-0.1, -0.05) is 50.1 Å². The van der Waals surface area contributed by atoms with Crippen LogP contribution in [0.4, 0.5) is 17.1 Å². The summed E-state index contributed by atoms with van der Waals surface area (Å²) in [6.07, 6.45) is 3.13. The molecule has 0 bridgehead atoms. The van der Waals surface area contributed by atoms with Gasteiger partial charge in [0.05, 0.1) is 7.11 Å². The fourth-order valence-electron chi connectivity index (χ4n) is 4.08. The van der Waals surface area contributed by atoms with E-state index in [2.05, 4.69) is 86.3 Å². The monoisotopic (exact) mass is 417 g/mol. The highest BCUT2D eigenvalue weighted by Crippen LogP contribution is 2.35. The molecule has 0 aliphatic heterocycles. The van der Waals surface area contributed by atoms with Crippen molar-refractivity contribution in [3.05, 3.63) is 83.9 Å². The highest BCUT2D eigenvalue weighted by atomic mass is 16.5. The summed E-state index contributed by atoms with van der Waals surface area (Å²) in [5, 5.41) is 9.49. The van der Waals surface area contributed by atoms with Crippen LogP contribution >= 0.6 is 0 Å². The molecule has 0 heterocycles. The molecule has 0 aliphatic carbocycles. The molecule has 3 heteroatoms. The quantitative estimate of drug-likeness (QED) is 0.383. The van der Waals surface area contributed by atoms with Crippen molar-refractivity contribution in [2.45, 2.75) is 40.0 Å². The standard InChI is InChI=1S/C28H35NO2/c1-5-23(20-30)18-22(3)19-24-8-12-26(13-9-24)29(25-10-6-21(2)7-11-25)27-14-16-28(31-4)17-15-27/h6-17,22-23,30H,5,18-20H2,1-4H3. The predicted molar refractivity (Wildman–Crippen MR) is 131 cm³/mol. The van der Waals surface area contributed by atoms with Crippen LogP contribution in [0, 0.1) is 18.8 Å². The smallest absolute Gasteiger partial charge is 0.119 e. The Balaban J connectivity index is 1.84. The number of hydrogen-bond acceptors (Lipinski definition) is 3. The van der Waals surface area contributed by atoms with Gasteiger partial charge in [-0.2, -0.15) is 0 Å². The summed E-state index contributed by atoms with van der Waals surface area (Å²) in [6, 6.07) is 25.7. The van der Waals surface area contributed by atoms with Crippen molar-refractivity contribution < 1.29 is 9.84 Å². The first-order valence-corrected chi connectivity index (χ1v) is 11.2. The van der Waals surface area contributed by atoms with E-state index in [1.165, 1.54) is 11.1 Å². The molecule has 0 saturated heterocycles. The SMILES string of the molecule is CCC(CO)CC(C)Cc1ccc(N(c2ccc(C)cc2)c2ccc(OC)cc2)cc1. The van der Waals surface area contributed by atoms with Crippen LogP contribution in [-0.4, -0.2) is 18.8 Å². The maximum Gasteiger partial charge on any atom is 0.119 e. The van der Waals surface area contributed by atoms with Gasteiger partial charge in [-0.25, -0.2) is 0 Å². The Hall–Kier alpha value is -2.78. The Morgan fingerprint density at radius 3 is 1.84 bits per heavy atom. The van der Waals surface area contributed by atoms with E-state index in [4.69, 9.17) is 4.74 Å². The first kappa shape index (κ1) is 22.9. The average Bonchev–Trinajstić information content (AvgIpc) is 2.80. The largest absolute Gasteiger partial charge is 0.497 e. The maximum absolute atomic E-state index is 9.49. The number of aryl methyl sites for hydroxylation is 1. The molecule has 2 atom stereocenters. The van der Waals surface area contributed by atoms with Gasteiger partial charge in [-0.3, -0.25) is 0 Å². The number of benzene rings is 3. The molecular formula is C28H35NO2. The van der Waals surface area contributed by atoms with Crippen LogP contribution in [0.1, 0.15) is 37.8 Å². The molecule has 3 rings (SSSR count). The first-order valence-electron chi connectivity index (χ1n) is 11.2. The molecule has 0 fully saturated rings. The number of hydrogen-bond donors (Lipinski definition) is 1. The van der Waals surface area contributed by atoms with Gasteiger partial charge in [0.15, 0.2) is 0 Å². The van der Waals surface area contributed by atoms with Crippen molar-refractivity contribution in [1.29, 1.82) is 0 Å². The number of aliphatic hydroxyl groups is 1. The van der Waals surface area contributed by atoms with Gasteiger partial charge in [0.2, 0.25) is 0 Å². The van der Waals surface area contributed by atoms with Crippen LogP contribution in [0.5, 0.6) is 5.75 Å². The fraction of sp³-hybridized carbons (Fsp3) is 0.357. The average molecular weight is 418 g/mol. The number of ether oxygens (including phenoxy) is 1. The van der Waals surface area contributed by atoms with Crippen molar-refractivity contribution in [2.75, 3.05) is 18.6 Å². The van der Waals surface area contributed by atoms with E-state index in [1.54, 1.807) is 7.11 Å². The van der Waals surface area contributed by atoms with Gasteiger partial charge in [0, 0.05) is 23.7 Å². The summed E-state index contributed by atoms with van der Waals surface area (Å²) in [5.41, 5.74) is 5.94. The second kappa shape index (κ2) is 11.0. The minimum Gasteiger partial charge on any atom is -0.497 e. The molecule has 1 N–H and O–H groups in total. The predicted octanol–water partition coefficient (Wildman–Crippen LogP) is 7.06. The molecule has 3 aromatic carbocycles.